The zero-order chi connectivity index (χ0) is 15.2. The molecule has 0 bridgehead atoms. The minimum Gasteiger partial charge on any atom is -0.332 e. The molecule has 0 unspecified atom stereocenters. The third-order valence-corrected chi connectivity index (χ3v) is 3.02. The Morgan fingerprint density at radius 3 is 2.10 bits per heavy atom. The second-order valence-electron chi connectivity index (χ2n) is 4.41. The van der Waals surface area contributed by atoms with Crippen LogP contribution in [0.4, 0.5) is 5.69 Å². The number of carbonyl (C=O) groups is 2. The highest BCUT2D eigenvalue weighted by molar-refractivity contribution is 7.80. The molecule has 0 aromatic heterocycles. The zero-order valence-electron chi connectivity index (χ0n) is 11.4. The van der Waals surface area contributed by atoms with Gasteiger partial charge in [-0.2, -0.15) is 0 Å². The van der Waals surface area contributed by atoms with E-state index in [0.717, 1.165) is 0 Å². The van der Waals surface area contributed by atoms with Gasteiger partial charge in [0.05, 0.1) is 0 Å². The van der Waals surface area contributed by atoms with Crippen LogP contribution in [-0.2, 0) is 0 Å². The average Bonchev–Trinajstić information content (AvgIpc) is 2.48. The van der Waals surface area contributed by atoms with Crippen molar-refractivity contribution in [2.75, 3.05) is 5.32 Å². The molecule has 0 aliphatic rings. The summed E-state index contributed by atoms with van der Waals surface area (Å²) in [6.45, 7) is 1.51. The number of Topliss-reactive ketones (excluding diaryl/α,β-unsaturated/α-hetero) is 1. The van der Waals surface area contributed by atoms with Crippen molar-refractivity contribution < 1.29 is 9.59 Å². The van der Waals surface area contributed by atoms with Crippen LogP contribution in [0.1, 0.15) is 27.6 Å². The van der Waals surface area contributed by atoms with Crippen molar-refractivity contribution in [2.45, 2.75) is 6.92 Å². The molecule has 0 saturated heterocycles. The summed E-state index contributed by atoms with van der Waals surface area (Å²) in [7, 11) is 0. The third-order valence-electron chi connectivity index (χ3n) is 2.81. The fourth-order valence-electron chi connectivity index (χ4n) is 1.72. The van der Waals surface area contributed by atoms with Gasteiger partial charge in [0.15, 0.2) is 10.9 Å². The van der Waals surface area contributed by atoms with Crippen LogP contribution in [0.15, 0.2) is 54.6 Å². The van der Waals surface area contributed by atoms with Crippen LogP contribution in [0.25, 0.3) is 0 Å². The minimum absolute atomic E-state index is 0.00140. The molecule has 106 valence electrons. The number of nitrogens with one attached hydrogen (secondary N) is 2. The van der Waals surface area contributed by atoms with Crippen molar-refractivity contribution in [1.29, 1.82) is 0 Å². The molecule has 0 saturated carbocycles. The molecule has 2 aromatic rings. The Morgan fingerprint density at radius 1 is 0.905 bits per heavy atom. The van der Waals surface area contributed by atoms with E-state index in [1.807, 2.05) is 6.07 Å². The normalized spacial score (nSPS) is 9.76. The summed E-state index contributed by atoms with van der Waals surface area (Å²) in [5, 5.41) is 5.70. The molecular weight excluding hydrogens is 284 g/mol. The molecule has 0 heterocycles. The van der Waals surface area contributed by atoms with E-state index >= 15 is 0 Å². The summed E-state index contributed by atoms with van der Waals surface area (Å²) in [5.74, 6) is -0.269. The van der Waals surface area contributed by atoms with Crippen LogP contribution in [0, 0.1) is 0 Å². The molecule has 0 atom stereocenters. The highest BCUT2D eigenvalue weighted by atomic mass is 32.1. The number of rotatable bonds is 3. The number of hydrogen-bond acceptors (Lipinski definition) is 3. The van der Waals surface area contributed by atoms with Gasteiger partial charge in [-0.05, 0) is 55.5 Å². The Labute approximate surface area is 128 Å². The maximum absolute atomic E-state index is 11.9. The fraction of sp³-hybridized carbons (Fsp3) is 0.0625. The van der Waals surface area contributed by atoms with Crippen molar-refractivity contribution in [3.63, 3.8) is 0 Å². The van der Waals surface area contributed by atoms with E-state index in [2.05, 4.69) is 10.6 Å². The van der Waals surface area contributed by atoms with Gasteiger partial charge >= 0.3 is 0 Å². The van der Waals surface area contributed by atoms with Gasteiger partial charge in [0.2, 0.25) is 0 Å². The van der Waals surface area contributed by atoms with Gasteiger partial charge in [0.1, 0.15) is 0 Å². The second-order valence-corrected chi connectivity index (χ2v) is 4.82. The van der Waals surface area contributed by atoms with Gasteiger partial charge in [-0.25, -0.2) is 0 Å². The molecule has 0 radical (unpaired) electrons. The Kier molecular flexibility index (Phi) is 4.79. The van der Waals surface area contributed by atoms with Crippen LogP contribution < -0.4 is 10.6 Å². The Morgan fingerprint density at radius 2 is 1.52 bits per heavy atom. The van der Waals surface area contributed by atoms with Gasteiger partial charge < -0.3 is 5.32 Å². The second kappa shape index (κ2) is 6.76. The van der Waals surface area contributed by atoms with Gasteiger partial charge in [-0.3, -0.25) is 14.9 Å². The monoisotopic (exact) mass is 298 g/mol. The highest BCUT2D eigenvalue weighted by Crippen LogP contribution is 2.10. The van der Waals surface area contributed by atoms with Crippen molar-refractivity contribution in [1.82, 2.24) is 5.32 Å². The van der Waals surface area contributed by atoms with E-state index in [0.29, 0.717) is 16.8 Å². The van der Waals surface area contributed by atoms with E-state index < -0.39 is 0 Å². The molecule has 0 spiro atoms. The molecule has 0 aliphatic heterocycles. The molecule has 0 aliphatic carbocycles. The Balaban J connectivity index is 1.95. The van der Waals surface area contributed by atoms with Crippen molar-refractivity contribution in [3.05, 3.63) is 65.7 Å². The lowest BCUT2D eigenvalue weighted by Gasteiger charge is -2.09. The van der Waals surface area contributed by atoms with Crippen molar-refractivity contribution >= 4 is 34.7 Å². The number of benzene rings is 2. The molecule has 2 N–H and O–H groups in total. The first-order valence-electron chi connectivity index (χ1n) is 6.34. The van der Waals surface area contributed by atoms with Gasteiger partial charge in [-0.15, -0.1) is 0 Å². The molecule has 1 amide bonds. The molecule has 2 aromatic carbocycles. The predicted octanol–water partition coefficient (Wildman–Crippen LogP) is 3.02. The molecule has 4 nitrogen and oxygen atoms in total. The largest absolute Gasteiger partial charge is 0.332 e. The first-order chi connectivity index (χ1) is 10.1. The van der Waals surface area contributed by atoms with Crippen molar-refractivity contribution in [3.8, 4) is 0 Å². The third kappa shape index (κ3) is 4.22. The van der Waals surface area contributed by atoms with Gasteiger partial charge in [-0.1, -0.05) is 18.2 Å². The molecule has 5 heteroatoms. The van der Waals surface area contributed by atoms with Gasteiger partial charge in [0, 0.05) is 16.8 Å². The summed E-state index contributed by atoms with van der Waals surface area (Å²) in [6.07, 6.45) is 0. The summed E-state index contributed by atoms with van der Waals surface area (Å²) >= 11 is 5.09. The quantitative estimate of drug-likeness (QED) is 0.675. The number of amides is 1. The standard InChI is InChI=1S/C16H14N2O2S/c1-11(19)12-7-9-14(10-8-12)17-16(21)18-15(20)13-5-3-2-4-6-13/h2-10H,1H3,(H2,17,18,20,21). The number of ketones is 1. The van der Waals surface area contributed by atoms with E-state index in [4.69, 9.17) is 12.2 Å². The maximum atomic E-state index is 11.9. The van der Waals surface area contributed by atoms with E-state index in [1.165, 1.54) is 6.92 Å². The van der Waals surface area contributed by atoms with E-state index in [9.17, 15) is 9.59 Å². The summed E-state index contributed by atoms with van der Waals surface area (Å²) in [4.78, 5) is 23.1. The predicted molar refractivity (Wildman–Crippen MR) is 86.6 cm³/mol. The Hall–Kier alpha value is -2.53. The van der Waals surface area contributed by atoms with Crippen LogP contribution in [0.2, 0.25) is 0 Å². The number of thiocarbonyl (C=S) groups is 1. The van der Waals surface area contributed by atoms with Crippen LogP contribution in [-0.4, -0.2) is 16.8 Å². The molecular formula is C16H14N2O2S. The SMILES string of the molecule is CC(=O)c1ccc(NC(=S)NC(=O)c2ccccc2)cc1. The summed E-state index contributed by atoms with van der Waals surface area (Å²) in [6, 6.07) is 15.7. The fourth-order valence-corrected chi connectivity index (χ4v) is 1.93. The van der Waals surface area contributed by atoms with E-state index in [-0.39, 0.29) is 16.8 Å². The smallest absolute Gasteiger partial charge is 0.257 e. The van der Waals surface area contributed by atoms with E-state index in [1.54, 1.807) is 48.5 Å². The highest BCUT2D eigenvalue weighted by Gasteiger charge is 2.07. The van der Waals surface area contributed by atoms with Crippen LogP contribution >= 0.6 is 12.2 Å². The first kappa shape index (κ1) is 14.9. The number of anilines is 1. The van der Waals surface area contributed by atoms with Crippen LogP contribution in [0.3, 0.4) is 0 Å². The lowest BCUT2D eigenvalue weighted by Crippen LogP contribution is -2.34. The van der Waals surface area contributed by atoms with Gasteiger partial charge in [0.25, 0.3) is 5.91 Å². The summed E-state index contributed by atoms with van der Waals surface area (Å²) < 4.78 is 0. The van der Waals surface area contributed by atoms with Crippen molar-refractivity contribution in [2.24, 2.45) is 0 Å². The Bertz CT molecular complexity index is 666. The summed E-state index contributed by atoms with van der Waals surface area (Å²) in [5.41, 5.74) is 1.87. The zero-order valence-corrected chi connectivity index (χ0v) is 12.2. The first-order valence-corrected chi connectivity index (χ1v) is 6.75. The molecule has 21 heavy (non-hydrogen) atoms. The van der Waals surface area contributed by atoms with Crippen LogP contribution in [0.5, 0.6) is 0 Å². The number of carbonyl (C=O) groups excluding carboxylic acids is 2. The number of hydrogen-bond donors (Lipinski definition) is 2. The molecule has 0 fully saturated rings. The maximum Gasteiger partial charge on any atom is 0.257 e. The topological polar surface area (TPSA) is 58.2 Å². The lowest BCUT2D eigenvalue weighted by atomic mass is 10.1. The average molecular weight is 298 g/mol. The minimum atomic E-state index is -0.270. The molecule has 2 rings (SSSR count). The lowest BCUT2D eigenvalue weighted by molar-refractivity contribution is 0.0976.